The summed E-state index contributed by atoms with van der Waals surface area (Å²) >= 11 is 0. The van der Waals surface area contributed by atoms with Crippen LogP contribution < -0.4 is 10.1 Å². The standard InChI is InChI=1S/C13H11N3O2/c17-16-10-4-5-12(15-8-10)18-11-3-1-2-9-6-7-14-13(9)11/h1-5,8,14H,6-7H2. The summed E-state index contributed by atoms with van der Waals surface area (Å²) < 4.78 is 5.70. The maximum absolute atomic E-state index is 10.3. The minimum atomic E-state index is 0.291. The van der Waals surface area contributed by atoms with E-state index in [0.717, 1.165) is 24.4 Å². The van der Waals surface area contributed by atoms with Gasteiger partial charge in [0.25, 0.3) is 0 Å². The third-order valence-corrected chi connectivity index (χ3v) is 2.85. The molecule has 0 aliphatic carbocycles. The van der Waals surface area contributed by atoms with Crippen LogP contribution in [-0.2, 0) is 6.42 Å². The number of rotatable bonds is 3. The average molecular weight is 241 g/mol. The third kappa shape index (κ3) is 1.90. The van der Waals surface area contributed by atoms with Gasteiger partial charge in [-0.3, -0.25) is 0 Å². The maximum Gasteiger partial charge on any atom is 0.219 e. The second-order valence-electron chi connectivity index (χ2n) is 4.02. The lowest BCUT2D eigenvalue weighted by molar-refractivity contribution is 0.465. The molecule has 2 aromatic rings. The van der Waals surface area contributed by atoms with Gasteiger partial charge in [-0.15, -0.1) is 4.91 Å². The Kier molecular flexibility index (Phi) is 2.64. The fraction of sp³-hybridized carbons (Fsp3) is 0.154. The normalized spacial score (nSPS) is 12.7. The Hall–Kier alpha value is -2.43. The number of benzene rings is 1. The number of nitrogens with one attached hydrogen (secondary N) is 1. The van der Waals surface area contributed by atoms with Crippen molar-refractivity contribution in [3.05, 3.63) is 47.0 Å². The largest absolute Gasteiger partial charge is 0.437 e. The van der Waals surface area contributed by atoms with Crippen LogP contribution in [0, 0.1) is 4.91 Å². The Morgan fingerprint density at radius 1 is 1.28 bits per heavy atom. The van der Waals surface area contributed by atoms with Crippen molar-refractivity contribution in [1.82, 2.24) is 4.98 Å². The summed E-state index contributed by atoms with van der Waals surface area (Å²) in [6, 6.07) is 9.14. The van der Waals surface area contributed by atoms with Crippen molar-refractivity contribution in [1.29, 1.82) is 0 Å². The van der Waals surface area contributed by atoms with E-state index < -0.39 is 0 Å². The Morgan fingerprint density at radius 3 is 3.00 bits per heavy atom. The van der Waals surface area contributed by atoms with Gasteiger partial charge in [-0.25, -0.2) is 4.98 Å². The lowest BCUT2D eigenvalue weighted by Crippen LogP contribution is -1.94. The maximum atomic E-state index is 10.3. The summed E-state index contributed by atoms with van der Waals surface area (Å²) in [5, 5.41) is 6.09. The van der Waals surface area contributed by atoms with Crippen LogP contribution in [0.5, 0.6) is 11.6 Å². The van der Waals surface area contributed by atoms with Crippen LogP contribution in [0.3, 0.4) is 0 Å². The molecule has 18 heavy (non-hydrogen) atoms. The number of nitrogens with zero attached hydrogens (tertiary/aromatic N) is 2. The highest BCUT2D eigenvalue weighted by Crippen LogP contribution is 2.35. The van der Waals surface area contributed by atoms with Gasteiger partial charge in [-0.1, -0.05) is 12.1 Å². The first-order valence-electron chi connectivity index (χ1n) is 5.70. The van der Waals surface area contributed by atoms with Gasteiger partial charge in [-0.2, -0.15) is 0 Å². The molecule has 0 amide bonds. The van der Waals surface area contributed by atoms with Crippen LogP contribution in [-0.4, -0.2) is 11.5 Å². The van der Waals surface area contributed by atoms with E-state index in [-0.39, 0.29) is 0 Å². The van der Waals surface area contributed by atoms with Crippen molar-refractivity contribution >= 4 is 11.4 Å². The second-order valence-corrected chi connectivity index (χ2v) is 4.02. The fourth-order valence-corrected chi connectivity index (χ4v) is 1.99. The summed E-state index contributed by atoms with van der Waals surface area (Å²) in [5.41, 5.74) is 2.56. The fourth-order valence-electron chi connectivity index (χ4n) is 1.99. The molecule has 2 heterocycles. The zero-order valence-corrected chi connectivity index (χ0v) is 9.59. The van der Waals surface area contributed by atoms with Crippen molar-refractivity contribution in [2.45, 2.75) is 6.42 Å². The minimum absolute atomic E-state index is 0.291. The molecule has 1 aliphatic rings. The number of aromatic nitrogens is 1. The Bertz CT molecular complexity index is 581. The van der Waals surface area contributed by atoms with Gasteiger partial charge in [0.2, 0.25) is 5.88 Å². The molecule has 0 atom stereocenters. The molecule has 1 aromatic heterocycles. The van der Waals surface area contributed by atoms with Crippen molar-refractivity contribution in [2.75, 3.05) is 11.9 Å². The van der Waals surface area contributed by atoms with E-state index >= 15 is 0 Å². The van der Waals surface area contributed by atoms with E-state index in [1.165, 1.54) is 11.8 Å². The number of ether oxygens (including phenoxy) is 1. The average Bonchev–Trinajstić information content (AvgIpc) is 2.89. The van der Waals surface area contributed by atoms with Crippen molar-refractivity contribution in [3.8, 4) is 11.6 Å². The van der Waals surface area contributed by atoms with E-state index in [2.05, 4.69) is 21.5 Å². The van der Waals surface area contributed by atoms with E-state index in [4.69, 9.17) is 4.74 Å². The number of fused-ring (bicyclic) bond motifs is 1. The molecule has 1 aliphatic heterocycles. The zero-order chi connectivity index (χ0) is 12.4. The second kappa shape index (κ2) is 4.44. The van der Waals surface area contributed by atoms with E-state index in [0.29, 0.717) is 11.6 Å². The molecule has 0 saturated heterocycles. The zero-order valence-electron chi connectivity index (χ0n) is 9.59. The first-order chi connectivity index (χ1) is 8.86. The lowest BCUT2D eigenvalue weighted by Gasteiger charge is -2.09. The van der Waals surface area contributed by atoms with Crippen LogP contribution in [0.1, 0.15) is 5.56 Å². The van der Waals surface area contributed by atoms with Crippen molar-refractivity contribution in [3.63, 3.8) is 0 Å². The minimum Gasteiger partial charge on any atom is -0.437 e. The number of pyridine rings is 1. The van der Waals surface area contributed by atoms with E-state index in [1.54, 1.807) is 12.1 Å². The number of anilines is 1. The SMILES string of the molecule is O=Nc1ccc(Oc2cccc3c2NCC3)nc1. The Morgan fingerprint density at radius 2 is 2.22 bits per heavy atom. The van der Waals surface area contributed by atoms with Gasteiger partial charge in [0, 0.05) is 12.6 Å². The predicted octanol–water partition coefficient (Wildman–Crippen LogP) is 3.24. The molecule has 5 heteroatoms. The number of hydrogen-bond donors (Lipinski definition) is 1. The molecule has 1 aromatic carbocycles. The molecule has 1 N–H and O–H groups in total. The smallest absolute Gasteiger partial charge is 0.219 e. The van der Waals surface area contributed by atoms with Gasteiger partial charge in [-0.05, 0) is 29.3 Å². The highest BCUT2D eigenvalue weighted by molar-refractivity contribution is 5.65. The van der Waals surface area contributed by atoms with Crippen molar-refractivity contribution < 1.29 is 4.74 Å². The molecule has 5 nitrogen and oxygen atoms in total. The molecule has 3 rings (SSSR count). The summed E-state index contributed by atoms with van der Waals surface area (Å²) in [6.45, 7) is 0.928. The molecule has 0 fully saturated rings. The molecule has 0 spiro atoms. The van der Waals surface area contributed by atoms with Gasteiger partial charge < -0.3 is 10.1 Å². The highest BCUT2D eigenvalue weighted by Gasteiger charge is 2.15. The first-order valence-corrected chi connectivity index (χ1v) is 5.70. The van der Waals surface area contributed by atoms with Crippen LogP contribution in [0.25, 0.3) is 0 Å². The molecule has 0 unspecified atom stereocenters. The Balaban J connectivity index is 1.88. The summed E-state index contributed by atoms with van der Waals surface area (Å²) in [7, 11) is 0. The Labute approximate surface area is 104 Å². The summed E-state index contributed by atoms with van der Waals surface area (Å²) in [4.78, 5) is 14.3. The summed E-state index contributed by atoms with van der Waals surface area (Å²) in [5.74, 6) is 1.20. The van der Waals surface area contributed by atoms with E-state index in [9.17, 15) is 4.91 Å². The molecule has 0 radical (unpaired) electrons. The monoisotopic (exact) mass is 241 g/mol. The third-order valence-electron chi connectivity index (χ3n) is 2.85. The van der Waals surface area contributed by atoms with Gasteiger partial charge in [0.15, 0.2) is 5.75 Å². The number of nitroso groups, excluding NO2 is 1. The number of para-hydroxylation sites is 1. The molecule has 0 bridgehead atoms. The topological polar surface area (TPSA) is 63.6 Å². The van der Waals surface area contributed by atoms with Crippen LogP contribution >= 0.6 is 0 Å². The van der Waals surface area contributed by atoms with Crippen LogP contribution in [0.4, 0.5) is 11.4 Å². The van der Waals surface area contributed by atoms with Gasteiger partial charge >= 0.3 is 0 Å². The summed E-state index contributed by atoms with van der Waals surface area (Å²) in [6.07, 6.45) is 2.40. The molecular formula is C13H11N3O2. The molecule has 90 valence electrons. The van der Waals surface area contributed by atoms with Crippen molar-refractivity contribution in [2.24, 2.45) is 5.18 Å². The molecule has 0 saturated carbocycles. The number of hydrogen-bond acceptors (Lipinski definition) is 5. The predicted molar refractivity (Wildman–Crippen MR) is 68.4 cm³/mol. The van der Waals surface area contributed by atoms with Gasteiger partial charge in [0.05, 0.1) is 11.9 Å². The highest BCUT2D eigenvalue weighted by atomic mass is 16.5. The quantitative estimate of drug-likeness (QED) is 0.838. The van der Waals surface area contributed by atoms with E-state index in [1.807, 2.05) is 12.1 Å². The van der Waals surface area contributed by atoms with Crippen LogP contribution in [0.15, 0.2) is 41.7 Å². The lowest BCUT2D eigenvalue weighted by atomic mass is 10.1. The molecular weight excluding hydrogens is 230 g/mol. The van der Waals surface area contributed by atoms with Gasteiger partial charge in [0.1, 0.15) is 5.69 Å². The first kappa shape index (κ1) is 10.7. The van der Waals surface area contributed by atoms with Crippen LogP contribution in [0.2, 0.25) is 0 Å².